The minimum absolute atomic E-state index is 0.161. The molecule has 10 heteroatoms. The third kappa shape index (κ3) is 8.58. The Morgan fingerprint density at radius 2 is 1.80 bits per heavy atom. The average molecular weight is 437 g/mol. The number of amides is 3. The molecule has 0 fully saturated rings. The van der Waals surface area contributed by atoms with E-state index in [-0.39, 0.29) is 19.6 Å². The molecule has 0 aliphatic heterocycles. The van der Waals surface area contributed by atoms with Gasteiger partial charge in [0.15, 0.2) is 0 Å². The number of benzene rings is 1. The van der Waals surface area contributed by atoms with Crippen molar-refractivity contribution in [2.24, 2.45) is 0 Å². The van der Waals surface area contributed by atoms with Gasteiger partial charge in [-0.15, -0.1) is 0 Å². The first-order valence-electron chi connectivity index (χ1n) is 9.09. The standard InChI is InChI=1S/C20H28N4O5S/c1-6-13(2)10-21-20(28)22-11-17(19(26)27)23-18(25)12-24(5)30(29)16-8-14(3)7-15(4)9-16/h6-9,17H,1-2,10-12H2,3-5H3,(H,23,25)(H,26,27)(H2,21,22,28). The van der Waals surface area contributed by atoms with Gasteiger partial charge >= 0.3 is 12.0 Å². The van der Waals surface area contributed by atoms with Crippen LogP contribution in [-0.4, -0.2) is 64.3 Å². The normalized spacial score (nSPS) is 12.5. The summed E-state index contributed by atoms with van der Waals surface area (Å²) in [7, 11) is -0.0838. The molecule has 164 valence electrons. The summed E-state index contributed by atoms with van der Waals surface area (Å²) in [4.78, 5) is 35.9. The van der Waals surface area contributed by atoms with E-state index < -0.39 is 34.9 Å². The van der Waals surface area contributed by atoms with Crippen LogP contribution in [0, 0.1) is 13.8 Å². The lowest BCUT2D eigenvalue weighted by atomic mass is 10.2. The van der Waals surface area contributed by atoms with Crippen LogP contribution in [0.5, 0.6) is 0 Å². The van der Waals surface area contributed by atoms with E-state index in [9.17, 15) is 23.7 Å². The molecule has 4 N–H and O–H groups in total. The fraction of sp³-hybridized carbons (Fsp3) is 0.350. The predicted molar refractivity (Wildman–Crippen MR) is 115 cm³/mol. The van der Waals surface area contributed by atoms with E-state index in [4.69, 9.17) is 0 Å². The highest BCUT2D eigenvalue weighted by atomic mass is 32.2. The number of nitrogens with one attached hydrogen (secondary N) is 3. The maximum absolute atomic E-state index is 12.6. The van der Waals surface area contributed by atoms with Crippen molar-refractivity contribution in [1.29, 1.82) is 0 Å². The number of hydrogen-bond donors (Lipinski definition) is 4. The van der Waals surface area contributed by atoms with E-state index in [1.54, 1.807) is 12.1 Å². The summed E-state index contributed by atoms with van der Waals surface area (Å²) in [5.41, 5.74) is 2.49. The van der Waals surface area contributed by atoms with Crippen molar-refractivity contribution in [3.05, 3.63) is 54.1 Å². The number of carboxylic acids is 1. The molecule has 1 aromatic rings. The molecule has 30 heavy (non-hydrogen) atoms. The zero-order valence-electron chi connectivity index (χ0n) is 17.4. The monoisotopic (exact) mass is 436 g/mol. The SMILES string of the molecule is C=CC(=C)CNC(=O)NCC(NC(=O)CN(C)S(=O)c1cc(C)cc(C)c1)C(=O)O. The van der Waals surface area contributed by atoms with E-state index in [2.05, 4.69) is 29.1 Å². The smallest absolute Gasteiger partial charge is 0.328 e. The highest BCUT2D eigenvalue weighted by Crippen LogP contribution is 2.14. The second-order valence-corrected chi connectivity index (χ2v) is 8.34. The fourth-order valence-corrected chi connectivity index (χ4v) is 3.61. The first kappa shape index (κ1) is 25.1. The van der Waals surface area contributed by atoms with Crippen LogP contribution in [0.25, 0.3) is 0 Å². The maximum Gasteiger partial charge on any atom is 0.328 e. The zero-order chi connectivity index (χ0) is 22.8. The number of aryl methyl sites for hydroxylation is 2. The first-order chi connectivity index (χ1) is 14.0. The summed E-state index contributed by atoms with van der Waals surface area (Å²) in [6.07, 6.45) is 1.49. The van der Waals surface area contributed by atoms with E-state index in [0.717, 1.165) is 11.1 Å². The summed E-state index contributed by atoms with van der Waals surface area (Å²) in [6, 6.07) is 3.53. The molecule has 0 aromatic heterocycles. The Morgan fingerprint density at radius 1 is 1.20 bits per heavy atom. The Morgan fingerprint density at radius 3 is 2.33 bits per heavy atom. The van der Waals surface area contributed by atoms with Crippen molar-refractivity contribution in [2.75, 3.05) is 26.7 Å². The van der Waals surface area contributed by atoms with E-state index in [0.29, 0.717) is 10.5 Å². The number of urea groups is 1. The third-order valence-corrected chi connectivity index (χ3v) is 5.25. The van der Waals surface area contributed by atoms with Gasteiger partial charge in [0.25, 0.3) is 0 Å². The van der Waals surface area contributed by atoms with Crippen LogP contribution in [-0.2, 0) is 20.6 Å². The molecule has 3 amide bonds. The highest BCUT2D eigenvalue weighted by molar-refractivity contribution is 7.82. The maximum atomic E-state index is 12.6. The van der Waals surface area contributed by atoms with Crippen LogP contribution >= 0.6 is 0 Å². The van der Waals surface area contributed by atoms with Crippen molar-refractivity contribution in [3.63, 3.8) is 0 Å². The van der Waals surface area contributed by atoms with Crippen molar-refractivity contribution in [1.82, 2.24) is 20.3 Å². The number of carboxylic acid groups (broad SMARTS) is 1. The lowest BCUT2D eigenvalue weighted by Gasteiger charge is -2.19. The summed E-state index contributed by atoms with van der Waals surface area (Å²) in [5, 5.41) is 16.5. The van der Waals surface area contributed by atoms with E-state index in [1.807, 2.05) is 19.9 Å². The van der Waals surface area contributed by atoms with Crippen LogP contribution < -0.4 is 16.0 Å². The molecule has 0 saturated carbocycles. The van der Waals surface area contributed by atoms with Crippen molar-refractivity contribution in [3.8, 4) is 0 Å². The second kappa shape index (κ2) is 11.9. The Kier molecular flexibility index (Phi) is 9.93. The van der Waals surface area contributed by atoms with Gasteiger partial charge in [-0.25, -0.2) is 18.1 Å². The summed E-state index contributed by atoms with van der Waals surface area (Å²) in [5.74, 6) is -1.94. The minimum atomic E-state index is -1.59. The largest absolute Gasteiger partial charge is 0.480 e. The summed E-state index contributed by atoms with van der Waals surface area (Å²) < 4.78 is 13.9. The quantitative estimate of drug-likeness (QED) is 0.383. The number of hydrogen-bond acceptors (Lipinski definition) is 4. The van der Waals surface area contributed by atoms with Crippen molar-refractivity contribution < 1.29 is 23.7 Å². The van der Waals surface area contributed by atoms with E-state index >= 15 is 0 Å². The Hall–Kier alpha value is -2.98. The zero-order valence-corrected chi connectivity index (χ0v) is 18.2. The number of carbonyl (C=O) groups excluding carboxylic acids is 2. The summed E-state index contributed by atoms with van der Waals surface area (Å²) in [6.45, 7) is 10.5. The fourth-order valence-electron chi connectivity index (χ4n) is 2.44. The molecule has 0 aliphatic rings. The van der Waals surface area contributed by atoms with Gasteiger partial charge in [0, 0.05) is 13.6 Å². The molecule has 2 atom stereocenters. The molecular weight excluding hydrogens is 408 g/mol. The van der Waals surface area contributed by atoms with Gasteiger partial charge in [-0.05, 0) is 42.7 Å². The van der Waals surface area contributed by atoms with Crippen LogP contribution in [0.4, 0.5) is 4.79 Å². The Balaban J connectivity index is 2.60. The Bertz CT molecular complexity index is 835. The lowest BCUT2D eigenvalue weighted by Crippen LogP contribution is -2.52. The molecular formula is C20H28N4O5S. The first-order valence-corrected chi connectivity index (χ1v) is 10.2. The topological polar surface area (TPSA) is 128 Å². The molecule has 2 unspecified atom stereocenters. The number of carbonyl (C=O) groups is 3. The molecule has 0 radical (unpaired) electrons. The average Bonchev–Trinajstić information content (AvgIpc) is 2.67. The number of likely N-dealkylation sites (N-methyl/N-ethyl adjacent to an activating group) is 1. The molecule has 0 spiro atoms. The molecule has 1 rings (SSSR count). The third-order valence-electron chi connectivity index (χ3n) is 3.91. The van der Waals surface area contributed by atoms with Crippen LogP contribution in [0.2, 0.25) is 0 Å². The van der Waals surface area contributed by atoms with Gasteiger partial charge in [-0.2, -0.15) is 0 Å². The molecule has 0 heterocycles. The number of aliphatic carboxylic acids is 1. The van der Waals surface area contributed by atoms with Crippen LogP contribution in [0.15, 0.2) is 47.9 Å². The molecule has 0 aliphatic carbocycles. The van der Waals surface area contributed by atoms with Crippen molar-refractivity contribution >= 4 is 28.9 Å². The Labute approximate surface area is 178 Å². The van der Waals surface area contributed by atoms with Crippen LogP contribution in [0.1, 0.15) is 11.1 Å². The van der Waals surface area contributed by atoms with Gasteiger partial charge < -0.3 is 21.1 Å². The minimum Gasteiger partial charge on any atom is -0.480 e. The summed E-state index contributed by atoms with van der Waals surface area (Å²) >= 11 is 0. The van der Waals surface area contributed by atoms with Crippen molar-refractivity contribution in [2.45, 2.75) is 24.8 Å². The van der Waals surface area contributed by atoms with Gasteiger partial charge in [0.05, 0.1) is 18.0 Å². The van der Waals surface area contributed by atoms with Gasteiger partial charge in [-0.3, -0.25) is 4.79 Å². The second-order valence-electron chi connectivity index (χ2n) is 6.74. The molecule has 0 bridgehead atoms. The predicted octanol–water partition coefficient (Wildman–Crippen LogP) is 0.869. The number of rotatable bonds is 11. The van der Waals surface area contributed by atoms with E-state index in [1.165, 1.54) is 17.4 Å². The number of nitrogens with zero attached hydrogens (tertiary/aromatic N) is 1. The molecule has 9 nitrogen and oxygen atoms in total. The van der Waals surface area contributed by atoms with Crippen LogP contribution in [0.3, 0.4) is 0 Å². The van der Waals surface area contributed by atoms with Gasteiger partial charge in [0.1, 0.15) is 17.0 Å². The van der Waals surface area contributed by atoms with Gasteiger partial charge in [-0.1, -0.05) is 25.3 Å². The lowest BCUT2D eigenvalue weighted by molar-refractivity contribution is -0.141. The highest BCUT2D eigenvalue weighted by Gasteiger charge is 2.23. The molecule has 1 aromatic carbocycles. The van der Waals surface area contributed by atoms with Gasteiger partial charge in [0.2, 0.25) is 5.91 Å². The molecule has 0 saturated heterocycles.